The molecule has 9 heteroatoms. The van der Waals surface area contributed by atoms with E-state index < -0.39 is 31.7 Å². The monoisotopic (exact) mass is 417 g/mol. The lowest BCUT2D eigenvalue weighted by Gasteiger charge is -2.24. The van der Waals surface area contributed by atoms with E-state index in [4.69, 9.17) is 11.6 Å². The minimum Gasteiger partial charge on any atom is -0.224 e. The van der Waals surface area contributed by atoms with Crippen LogP contribution >= 0.6 is 11.6 Å². The normalized spacial score (nSPS) is 18.9. The maximum Gasteiger partial charge on any atom is 0.243 e. The van der Waals surface area contributed by atoms with Crippen LogP contribution in [-0.2, 0) is 19.9 Å². The Morgan fingerprint density at radius 2 is 1.73 bits per heavy atom. The topological polar surface area (TPSA) is 71.5 Å². The maximum absolute atomic E-state index is 13.3. The minimum atomic E-state index is -3.96. The first-order valence-corrected chi connectivity index (χ1v) is 11.4. The predicted octanol–water partition coefficient (Wildman–Crippen LogP) is 3.11. The molecule has 0 spiro atoms. The van der Waals surface area contributed by atoms with Crippen LogP contribution in [0.4, 0.5) is 4.39 Å². The van der Waals surface area contributed by atoms with Crippen molar-refractivity contribution in [1.82, 2.24) is 4.31 Å². The molecule has 0 radical (unpaired) electrons. The summed E-state index contributed by atoms with van der Waals surface area (Å²) in [4.78, 5) is 0.0157. The fourth-order valence-corrected chi connectivity index (χ4v) is 6.72. The third kappa shape index (κ3) is 3.78. The van der Waals surface area contributed by atoms with E-state index in [1.807, 2.05) is 0 Å². The molecule has 5 nitrogen and oxygen atoms in total. The van der Waals surface area contributed by atoms with Crippen molar-refractivity contribution in [2.75, 3.05) is 12.3 Å². The van der Waals surface area contributed by atoms with Crippen LogP contribution in [0.2, 0.25) is 5.02 Å². The highest BCUT2D eigenvalue weighted by atomic mass is 35.5. The van der Waals surface area contributed by atoms with Crippen molar-refractivity contribution in [3.05, 3.63) is 59.4 Å². The molecule has 3 rings (SSSR count). The maximum atomic E-state index is 13.3. The van der Waals surface area contributed by atoms with Gasteiger partial charge in [0.25, 0.3) is 0 Å². The summed E-state index contributed by atoms with van der Waals surface area (Å²) in [5, 5.41) is -0.293. The first kappa shape index (κ1) is 19.3. The molecule has 0 N–H and O–H groups in total. The van der Waals surface area contributed by atoms with Crippen LogP contribution in [-0.4, -0.2) is 39.5 Å². The molecule has 1 aliphatic rings. The third-order valence-corrected chi connectivity index (χ3v) is 8.39. The molecule has 1 fully saturated rings. The molecule has 0 aliphatic carbocycles. The van der Waals surface area contributed by atoms with Crippen LogP contribution in [0.25, 0.3) is 0 Å². The van der Waals surface area contributed by atoms with Gasteiger partial charge in [0.05, 0.1) is 20.6 Å². The van der Waals surface area contributed by atoms with Gasteiger partial charge in [-0.2, -0.15) is 4.31 Å². The lowest BCUT2D eigenvalue weighted by Crippen LogP contribution is -2.39. The fraction of sp³-hybridized carbons (Fsp3) is 0.294. The molecular formula is C17H17ClFNO4S2. The zero-order valence-electron chi connectivity index (χ0n) is 13.7. The highest BCUT2D eigenvalue weighted by Gasteiger charge is 2.38. The summed E-state index contributed by atoms with van der Waals surface area (Å²) >= 11 is 5.70. The van der Waals surface area contributed by atoms with Crippen molar-refractivity contribution in [3.8, 4) is 0 Å². The summed E-state index contributed by atoms with van der Waals surface area (Å²) in [5.41, 5.74) is 0. The Hall–Kier alpha value is -1.48. The van der Waals surface area contributed by atoms with Gasteiger partial charge in [0, 0.05) is 12.6 Å². The van der Waals surface area contributed by atoms with Gasteiger partial charge >= 0.3 is 0 Å². The van der Waals surface area contributed by atoms with Crippen molar-refractivity contribution in [1.29, 1.82) is 0 Å². The predicted molar refractivity (Wildman–Crippen MR) is 96.8 cm³/mol. The number of hydrogen-bond acceptors (Lipinski definition) is 4. The van der Waals surface area contributed by atoms with Gasteiger partial charge in [-0.15, -0.1) is 0 Å². The number of hydrogen-bond donors (Lipinski definition) is 0. The first-order chi connectivity index (χ1) is 12.2. The first-order valence-electron chi connectivity index (χ1n) is 7.96. The van der Waals surface area contributed by atoms with E-state index in [0.29, 0.717) is 12.8 Å². The van der Waals surface area contributed by atoms with Crippen molar-refractivity contribution in [3.63, 3.8) is 0 Å². The molecule has 0 unspecified atom stereocenters. The Balaban J connectivity index is 1.89. The Morgan fingerprint density at radius 1 is 1.04 bits per heavy atom. The summed E-state index contributed by atoms with van der Waals surface area (Å²) in [6.07, 6.45) is 1.00. The summed E-state index contributed by atoms with van der Waals surface area (Å²) in [6.45, 7) is 0.215. The van der Waals surface area contributed by atoms with Gasteiger partial charge in [-0.3, -0.25) is 0 Å². The van der Waals surface area contributed by atoms with Gasteiger partial charge in [0.1, 0.15) is 5.82 Å². The number of sulfone groups is 1. The molecule has 140 valence electrons. The summed E-state index contributed by atoms with van der Waals surface area (Å²) in [7, 11) is -7.59. The van der Waals surface area contributed by atoms with Crippen LogP contribution in [0, 0.1) is 5.82 Å². The summed E-state index contributed by atoms with van der Waals surface area (Å²) in [6, 6.07) is 10.4. The van der Waals surface area contributed by atoms with Gasteiger partial charge in [0.2, 0.25) is 10.0 Å². The zero-order valence-corrected chi connectivity index (χ0v) is 16.1. The second kappa shape index (κ2) is 7.26. The van der Waals surface area contributed by atoms with E-state index in [0.717, 1.165) is 18.2 Å². The molecule has 1 atom stereocenters. The van der Waals surface area contributed by atoms with E-state index in [9.17, 15) is 21.2 Å². The smallest absolute Gasteiger partial charge is 0.224 e. The van der Waals surface area contributed by atoms with Crippen LogP contribution in [0.1, 0.15) is 12.8 Å². The fourth-order valence-electron chi connectivity index (χ4n) is 3.04. The molecule has 1 heterocycles. The third-order valence-electron chi connectivity index (χ3n) is 4.33. The molecule has 0 aromatic heterocycles. The molecular weight excluding hydrogens is 401 g/mol. The number of rotatable bonds is 5. The van der Waals surface area contributed by atoms with Crippen LogP contribution in [0.15, 0.2) is 58.3 Å². The minimum absolute atomic E-state index is 0.145. The highest BCUT2D eigenvalue weighted by Crippen LogP contribution is 2.30. The Morgan fingerprint density at radius 3 is 2.38 bits per heavy atom. The van der Waals surface area contributed by atoms with Crippen molar-refractivity contribution in [2.45, 2.75) is 28.7 Å². The average Bonchev–Trinajstić information content (AvgIpc) is 3.06. The zero-order chi connectivity index (χ0) is 18.9. The molecule has 2 aromatic rings. The van der Waals surface area contributed by atoms with Gasteiger partial charge in [-0.1, -0.05) is 29.8 Å². The molecule has 0 bridgehead atoms. The number of sulfonamides is 1. The molecule has 1 saturated heterocycles. The molecule has 0 amide bonds. The molecule has 2 aromatic carbocycles. The number of nitrogens with zero attached hydrogens (tertiary/aromatic N) is 1. The van der Waals surface area contributed by atoms with Crippen LogP contribution < -0.4 is 0 Å². The largest absolute Gasteiger partial charge is 0.243 e. The van der Waals surface area contributed by atoms with Crippen molar-refractivity contribution in [2.24, 2.45) is 0 Å². The van der Waals surface area contributed by atoms with Gasteiger partial charge in [0.15, 0.2) is 9.84 Å². The molecule has 26 heavy (non-hydrogen) atoms. The van der Waals surface area contributed by atoms with Crippen LogP contribution in [0.5, 0.6) is 0 Å². The van der Waals surface area contributed by atoms with Crippen molar-refractivity contribution >= 4 is 31.5 Å². The van der Waals surface area contributed by atoms with Gasteiger partial charge in [-0.25, -0.2) is 21.2 Å². The SMILES string of the molecule is O=S(=O)(C[C@@H]1CCCN1S(=O)(=O)c1ccc(F)c(Cl)c1)c1ccccc1. The van der Waals surface area contributed by atoms with Gasteiger partial charge < -0.3 is 0 Å². The van der Waals surface area contributed by atoms with E-state index in [1.165, 1.54) is 16.4 Å². The number of halogens is 2. The Kier molecular flexibility index (Phi) is 5.39. The average molecular weight is 418 g/mol. The molecule has 1 aliphatic heterocycles. The summed E-state index contributed by atoms with van der Waals surface area (Å²) < 4.78 is 65.5. The van der Waals surface area contributed by atoms with E-state index in [1.54, 1.807) is 18.2 Å². The number of benzene rings is 2. The van der Waals surface area contributed by atoms with Gasteiger partial charge in [-0.05, 0) is 43.2 Å². The Labute approximate surface area is 157 Å². The van der Waals surface area contributed by atoms with Crippen LogP contribution in [0.3, 0.4) is 0 Å². The van der Waals surface area contributed by atoms with Crippen molar-refractivity contribution < 1.29 is 21.2 Å². The Bertz CT molecular complexity index is 1010. The molecule has 0 saturated carbocycles. The lowest BCUT2D eigenvalue weighted by molar-refractivity contribution is 0.407. The second-order valence-electron chi connectivity index (χ2n) is 6.08. The highest BCUT2D eigenvalue weighted by molar-refractivity contribution is 7.91. The van der Waals surface area contributed by atoms with E-state index in [2.05, 4.69) is 0 Å². The quantitative estimate of drug-likeness (QED) is 0.749. The van der Waals surface area contributed by atoms with E-state index >= 15 is 0 Å². The lowest BCUT2D eigenvalue weighted by atomic mass is 10.3. The standard InChI is InChI=1S/C17H17ClFNO4S2/c18-16-11-15(8-9-17(16)19)26(23,24)20-10-4-5-13(20)12-25(21,22)14-6-2-1-3-7-14/h1-3,6-9,11,13H,4-5,10,12H2/t13-/m0/s1. The summed E-state index contributed by atoms with van der Waals surface area (Å²) in [5.74, 6) is -1.01. The second-order valence-corrected chi connectivity index (χ2v) is 10.4. The van der Waals surface area contributed by atoms with E-state index in [-0.39, 0.29) is 27.1 Å².